The fourth-order valence-corrected chi connectivity index (χ4v) is 2.58. The fourth-order valence-electron chi connectivity index (χ4n) is 2.58. The summed E-state index contributed by atoms with van der Waals surface area (Å²) in [5, 5.41) is 0. The van der Waals surface area contributed by atoms with Crippen LogP contribution in [0.15, 0.2) is 42.5 Å². The van der Waals surface area contributed by atoms with E-state index in [4.69, 9.17) is 4.74 Å². The van der Waals surface area contributed by atoms with Gasteiger partial charge in [0.15, 0.2) is 11.6 Å². The van der Waals surface area contributed by atoms with E-state index in [1.54, 1.807) is 12.1 Å². The predicted molar refractivity (Wildman–Crippen MR) is 81.2 cm³/mol. The summed E-state index contributed by atoms with van der Waals surface area (Å²) in [6, 6.07) is 13.2. The second-order valence-corrected chi connectivity index (χ2v) is 4.89. The first-order valence-corrected chi connectivity index (χ1v) is 7.00. The zero-order chi connectivity index (χ0) is 14.8. The molecule has 0 aliphatic carbocycles. The third-order valence-corrected chi connectivity index (χ3v) is 3.64. The number of halogens is 1. The maximum atomic E-state index is 14.3. The summed E-state index contributed by atoms with van der Waals surface area (Å²) in [5.41, 5.74) is 2.57. The van der Waals surface area contributed by atoms with E-state index in [1.807, 2.05) is 30.3 Å². The maximum absolute atomic E-state index is 14.3. The number of imidazole rings is 1. The van der Waals surface area contributed by atoms with Crippen LogP contribution in [0.1, 0.15) is 18.3 Å². The van der Waals surface area contributed by atoms with Gasteiger partial charge in [-0.15, -0.1) is 0 Å². The summed E-state index contributed by atoms with van der Waals surface area (Å²) in [4.78, 5) is 4.61. The van der Waals surface area contributed by atoms with Crippen molar-refractivity contribution in [2.75, 3.05) is 7.11 Å². The van der Waals surface area contributed by atoms with Gasteiger partial charge in [-0.3, -0.25) is 0 Å². The number of methoxy groups -OCH3 is 1. The van der Waals surface area contributed by atoms with Crippen LogP contribution < -0.4 is 4.74 Å². The molecule has 1 aromatic heterocycles. The van der Waals surface area contributed by atoms with Gasteiger partial charge in [0.1, 0.15) is 5.82 Å². The van der Waals surface area contributed by atoms with Gasteiger partial charge in [-0.1, -0.05) is 31.2 Å². The van der Waals surface area contributed by atoms with Crippen LogP contribution in [0.4, 0.5) is 4.39 Å². The van der Waals surface area contributed by atoms with Crippen molar-refractivity contribution in [2.24, 2.45) is 0 Å². The molecule has 3 rings (SSSR count). The van der Waals surface area contributed by atoms with Crippen molar-refractivity contribution in [2.45, 2.75) is 19.9 Å². The number of hydrogen-bond donors (Lipinski definition) is 0. The van der Waals surface area contributed by atoms with Crippen LogP contribution >= 0.6 is 0 Å². The van der Waals surface area contributed by atoms with E-state index in [2.05, 4.69) is 16.5 Å². The highest BCUT2D eigenvalue weighted by molar-refractivity contribution is 5.76. The van der Waals surface area contributed by atoms with Crippen LogP contribution in [0.2, 0.25) is 0 Å². The zero-order valence-corrected chi connectivity index (χ0v) is 12.1. The SMILES string of the molecule is CCc1nc2ccccc2n1Cc1cccc(OC)c1F. The van der Waals surface area contributed by atoms with Crippen LogP contribution in [0.3, 0.4) is 0 Å². The number of nitrogens with zero attached hydrogens (tertiary/aromatic N) is 2. The number of aromatic nitrogens is 2. The smallest absolute Gasteiger partial charge is 0.170 e. The van der Waals surface area contributed by atoms with Crippen molar-refractivity contribution in [3.05, 3.63) is 59.7 Å². The minimum Gasteiger partial charge on any atom is -0.494 e. The lowest BCUT2D eigenvalue weighted by Crippen LogP contribution is -2.06. The number of ether oxygens (including phenoxy) is 1. The zero-order valence-electron chi connectivity index (χ0n) is 12.1. The van der Waals surface area contributed by atoms with Gasteiger partial charge in [-0.2, -0.15) is 0 Å². The summed E-state index contributed by atoms with van der Waals surface area (Å²) in [6.07, 6.45) is 0.806. The molecule has 1 heterocycles. The van der Waals surface area contributed by atoms with Crippen molar-refractivity contribution in [3.8, 4) is 5.75 Å². The Morgan fingerprint density at radius 2 is 1.95 bits per heavy atom. The molecule has 2 aromatic carbocycles. The van der Waals surface area contributed by atoms with E-state index in [0.29, 0.717) is 12.1 Å². The maximum Gasteiger partial charge on any atom is 0.170 e. The van der Waals surface area contributed by atoms with Gasteiger partial charge in [0.2, 0.25) is 0 Å². The fraction of sp³-hybridized carbons (Fsp3) is 0.235. The molecule has 0 aliphatic rings. The van der Waals surface area contributed by atoms with Gasteiger partial charge in [0.25, 0.3) is 0 Å². The molecule has 0 fully saturated rings. The molecule has 0 atom stereocenters. The Morgan fingerprint density at radius 1 is 1.14 bits per heavy atom. The minimum atomic E-state index is -0.306. The predicted octanol–water partition coefficient (Wildman–Crippen LogP) is 3.79. The van der Waals surface area contributed by atoms with Crippen molar-refractivity contribution in [1.82, 2.24) is 9.55 Å². The quantitative estimate of drug-likeness (QED) is 0.728. The van der Waals surface area contributed by atoms with E-state index in [9.17, 15) is 4.39 Å². The molecule has 0 unspecified atom stereocenters. The number of rotatable bonds is 4. The highest BCUT2D eigenvalue weighted by atomic mass is 19.1. The monoisotopic (exact) mass is 284 g/mol. The number of para-hydroxylation sites is 2. The van der Waals surface area contributed by atoms with Crippen molar-refractivity contribution in [3.63, 3.8) is 0 Å². The number of aryl methyl sites for hydroxylation is 1. The molecule has 0 saturated carbocycles. The summed E-state index contributed by atoms with van der Waals surface area (Å²) in [6.45, 7) is 2.51. The third kappa shape index (κ3) is 2.37. The summed E-state index contributed by atoms with van der Waals surface area (Å²) in [5.74, 6) is 0.924. The Balaban J connectivity index is 2.09. The Bertz CT molecular complexity index is 780. The van der Waals surface area contributed by atoms with Crippen molar-refractivity contribution >= 4 is 11.0 Å². The van der Waals surface area contributed by atoms with Crippen LogP contribution in [0.5, 0.6) is 5.75 Å². The lowest BCUT2D eigenvalue weighted by Gasteiger charge is -2.11. The summed E-state index contributed by atoms with van der Waals surface area (Å²) >= 11 is 0. The molecule has 3 nitrogen and oxygen atoms in total. The number of benzene rings is 2. The van der Waals surface area contributed by atoms with Crippen LogP contribution in [-0.2, 0) is 13.0 Å². The molecule has 108 valence electrons. The highest BCUT2D eigenvalue weighted by Gasteiger charge is 2.13. The second kappa shape index (κ2) is 5.56. The van der Waals surface area contributed by atoms with E-state index in [-0.39, 0.29) is 11.6 Å². The van der Waals surface area contributed by atoms with Crippen molar-refractivity contribution < 1.29 is 9.13 Å². The standard InChI is InChI=1S/C17H17FN2O/c1-3-16-19-13-8-4-5-9-14(13)20(16)11-12-7-6-10-15(21-2)17(12)18/h4-10H,3,11H2,1-2H3. The largest absolute Gasteiger partial charge is 0.494 e. The molecule has 0 aliphatic heterocycles. The summed E-state index contributed by atoms with van der Waals surface area (Å²) in [7, 11) is 1.48. The van der Waals surface area contributed by atoms with Crippen LogP contribution in [-0.4, -0.2) is 16.7 Å². The lowest BCUT2D eigenvalue weighted by atomic mass is 10.2. The first kappa shape index (κ1) is 13.6. The minimum absolute atomic E-state index is 0.273. The Hall–Kier alpha value is -2.36. The van der Waals surface area contributed by atoms with Gasteiger partial charge in [0.05, 0.1) is 24.7 Å². The van der Waals surface area contributed by atoms with Gasteiger partial charge in [0, 0.05) is 12.0 Å². The van der Waals surface area contributed by atoms with Gasteiger partial charge in [-0.25, -0.2) is 9.37 Å². The average Bonchev–Trinajstić information content (AvgIpc) is 2.87. The third-order valence-electron chi connectivity index (χ3n) is 3.64. The first-order valence-electron chi connectivity index (χ1n) is 7.00. The second-order valence-electron chi connectivity index (χ2n) is 4.89. The van der Waals surface area contributed by atoms with E-state index in [1.165, 1.54) is 7.11 Å². The molecule has 0 radical (unpaired) electrons. The highest BCUT2D eigenvalue weighted by Crippen LogP contribution is 2.23. The van der Waals surface area contributed by atoms with Crippen LogP contribution in [0, 0.1) is 5.82 Å². The molecule has 0 amide bonds. The summed E-state index contributed by atoms with van der Waals surface area (Å²) < 4.78 is 21.5. The molecule has 0 saturated heterocycles. The van der Waals surface area contributed by atoms with E-state index >= 15 is 0 Å². The molecule has 21 heavy (non-hydrogen) atoms. The number of hydrogen-bond acceptors (Lipinski definition) is 2. The van der Waals surface area contributed by atoms with Gasteiger partial charge >= 0.3 is 0 Å². The van der Waals surface area contributed by atoms with Crippen molar-refractivity contribution in [1.29, 1.82) is 0 Å². The molecule has 0 spiro atoms. The number of fused-ring (bicyclic) bond motifs is 1. The molecular weight excluding hydrogens is 267 g/mol. The molecule has 0 N–H and O–H groups in total. The molecular formula is C17H17FN2O. The topological polar surface area (TPSA) is 27.1 Å². The molecule has 0 bridgehead atoms. The van der Waals surface area contributed by atoms with E-state index in [0.717, 1.165) is 23.3 Å². The van der Waals surface area contributed by atoms with Crippen LogP contribution in [0.25, 0.3) is 11.0 Å². The molecule has 3 aromatic rings. The van der Waals surface area contributed by atoms with E-state index < -0.39 is 0 Å². The Morgan fingerprint density at radius 3 is 2.71 bits per heavy atom. The average molecular weight is 284 g/mol. The van der Waals surface area contributed by atoms with Gasteiger partial charge < -0.3 is 9.30 Å². The first-order chi connectivity index (χ1) is 10.2. The lowest BCUT2D eigenvalue weighted by molar-refractivity contribution is 0.383. The molecule has 4 heteroatoms. The Kier molecular flexibility index (Phi) is 3.60. The van der Waals surface area contributed by atoms with Gasteiger partial charge in [-0.05, 0) is 18.2 Å². The normalized spacial score (nSPS) is 11.0. The Labute approximate surface area is 123 Å².